The first kappa shape index (κ1) is 14.9. The molecule has 1 unspecified atom stereocenters. The zero-order valence-corrected chi connectivity index (χ0v) is 10.4. The Kier molecular flexibility index (Phi) is 4.71. The third kappa shape index (κ3) is 3.97. The summed E-state index contributed by atoms with van der Waals surface area (Å²) in [5.41, 5.74) is 0. The Morgan fingerprint density at radius 3 is 2.61 bits per heavy atom. The summed E-state index contributed by atoms with van der Waals surface area (Å²) in [6.07, 6.45) is -5.44. The number of carboxylic acid groups (broad SMARTS) is 1. The number of carboxylic acids is 1. The van der Waals surface area contributed by atoms with E-state index in [1.165, 1.54) is 18.8 Å². The van der Waals surface area contributed by atoms with Crippen molar-refractivity contribution in [1.82, 2.24) is 9.80 Å². The van der Waals surface area contributed by atoms with Crippen LogP contribution in [0.1, 0.15) is 6.42 Å². The molecule has 0 radical (unpaired) electrons. The van der Waals surface area contributed by atoms with E-state index in [0.717, 1.165) is 9.80 Å². The normalized spacial score (nSPS) is 20.0. The first-order valence-electron chi connectivity index (χ1n) is 5.11. The van der Waals surface area contributed by atoms with Gasteiger partial charge in [-0.1, -0.05) is 0 Å². The van der Waals surface area contributed by atoms with Gasteiger partial charge in [0.1, 0.15) is 6.04 Å². The second kappa shape index (κ2) is 5.68. The maximum Gasteiger partial charge on any atom is 0.390 e. The van der Waals surface area contributed by atoms with E-state index in [0.29, 0.717) is 0 Å². The summed E-state index contributed by atoms with van der Waals surface area (Å²) in [5, 5.41) is 8.87. The average molecular weight is 286 g/mol. The van der Waals surface area contributed by atoms with Gasteiger partial charge in [0.2, 0.25) is 0 Å². The number of urea groups is 1. The minimum Gasteiger partial charge on any atom is -0.480 e. The van der Waals surface area contributed by atoms with Crippen LogP contribution in [0, 0.1) is 0 Å². The molecule has 0 aliphatic carbocycles. The van der Waals surface area contributed by atoms with Crippen molar-refractivity contribution in [1.29, 1.82) is 0 Å². The molecule has 1 rings (SSSR count). The second-order valence-electron chi connectivity index (χ2n) is 3.89. The number of aliphatic carboxylic acids is 1. The van der Waals surface area contributed by atoms with Crippen molar-refractivity contribution in [3.8, 4) is 0 Å². The molecule has 0 aromatic rings. The van der Waals surface area contributed by atoms with E-state index in [2.05, 4.69) is 0 Å². The van der Waals surface area contributed by atoms with Gasteiger partial charge in [0.15, 0.2) is 0 Å². The molecule has 1 N–H and O–H groups in total. The molecule has 0 aromatic carbocycles. The molecule has 1 aliphatic heterocycles. The van der Waals surface area contributed by atoms with Crippen LogP contribution in [-0.2, 0) is 4.79 Å². The van der Waals surface area contributed by atoms with E-state index in [1.807, 2.05) is 0 Å². The maximum atomic E-state index is 12.0. The van der Waals surface area contributed by atoms with Gasteiger partial charge in [-0.15, -0.1) is 11.8 Å². The summed E-state index contributed by atoms with van der Waals surface area (Å²) in [7, 11) is 1.23. The van der Waals surface area contributed by atoms with Crippen molar-refractivity contribution in [2.45, 2.75) is 18.6 Å². The second-order valence-corrected chi connectivity index (χ2v) is 4.89. The van der Waals surface area contributed by atoms with Gasteiger partial charge in [0.05, 0.1) is 12.3 Å². The third-order valence-electron chi connectivity index (χ3n) is 2.47. The van der Waals surface area contributed by atoms with E-state index in [4.69, 9.17) is 5.11 Å². The lowest BCUT2D eigenvalue weighted by Crippen LogP contribution is -2.48. The largest absolute Gasteiger partial charge is 0.480 e. The molecule has 0 spiro atoms. The molecule has 2 amide bonds. The summed E-state index contributed by atoms with van der Waals surface area (Å²) < 4.78 is 36.0. The fourth-order valence-corrected chi connectivity index (χ4v) is 2.58. The van der Waals surface area contributed by atoms with Gasteiger partial charge < -0.3 is 14.9 Å². The van der Waals surface area contributed by atoms with Crippen LogP contribution in [-0.4, -0.2) is 64.3 Å². The Morgan fingerprint density at radius 1 is 1.50 bits per heavy atom. The lowest BCUT2D eigenvalue weighted by molar-refractivity contribution is -0.142. The van der Waals surface area contributed by atoms with Gasteiger partial charge >= 0.3 is 18.2 Å². The van der Waals surface area contributed by atoms with Crippen molar-refractivity contribution < 1.29 is 27.9 Å². The van der Waals surface area contributed by atoms with Gasteiger partial charge in [-0.2, -0.15) is 13.2 Å². The van der Waals surface area contributed by atoms with Crippen LogP contribution in [0.2, 0.25) is 0 Å². The Bertz CT molecular complexity index is 338. The molecule has 9 heteroatoms. The standard InChI is InChI=1S/C9H13F3N2O3S/c1-13(3-2-9(10,11)12)8(17)14-5-18-4-6(14)7(15)16/h6H,2-5H2,1H3,(H,15,16). The molecular weight excluding hydrogens is 273 g/mol. The number of carbonyl (C=O) groups excluding carboxylic acids is 1. The molecule has 18 heavy (non-hydrogen) atoms. The highest BCUT2D eigenvalue weighted by Crippen LogP contribution is 2.23. The molecule has 1 atom stereocenters. The van der Waals surface area contributed by atoms with Gasteiger partial charge in [-0.05, 0) is 0 Å². The van der Waals surface area contributed by atoms with Crippen molar-refractivity contribution in [3.05, 3.63) is 0 Å². The van der Waals surface area contributed by atoms with Crippen molar-refractivity contribution in [2.24, 2.45) is 0 Å². The van der Waals surface area contributed by atoms with E-state index < -0.39 is 37.2 Å². The number of alkyl halides is 3. The summed E-state index contributed by atoms with van der Waals surface area (Å²) in [6, 6.07) is -1.65. The predicted octanol–water partition coefficient (Wildman–Crippen LogP) is 1.45. The lowest BCUT2D eigenvalue weighted by Gasteiger charge is -2.27. The third-order valence-corrected chi connectivity index (χ3v) is 3.48. The summed E-state index contributed by atoms with van der Waals surface area (Å²) >= 11 is 1.26. The number of hydrogen-bond acceptors (Lipinski definition) is 3. The highest BCUT2D eigenvalue weighted by atomic mass is 32.2. The molecule has 1 fully saturated rings. The minimum absolute atomic E-state index is 0.187. The van der Waals surface area contributed by atoms with Gasteiger partial charge in [-0.3, -0.25) is 0 Å². The SMILES string of the molecule is CN(CCC(F)(F)F)C(=O)N1CSCC1C(=O)O. The van der Waals surface area contributed by atoms with Crippen molar-refractivity contribution >= 4 is 23.8 Å². The van der Waals surface area contributed by atoms with Gasteiger partial charge in [0.25, 0.3) is 0 Å². The Balaban J connectivity index is 2.55. The van der Waals surface area contributed by atoms with Crippen LogP contribution in [0.5, 0.6) is 0 Å². The Morgan fingerprint density at radius 2 is 2.11 bits per heavy atom. The molecular formula is C9H13F3N2O3S. The predicted molar refractivity (Wildman–Crippen MR) is 59.3 cm³/mol. The number of rotatable bonds is 3. The molecule has 1 aliphatic rings. The van der Waals surface area contributed by atoms with E-state index in [9.17, 15) is 22.8 Å². The fraction of sp³-hybridized carbons (Fsp3) is 0.778. The smallest absolute Gasteiger partial charge is 0.390 e. The zero-order chi connectivity index (χ0) is 13.9. The van der Waals surface area contributed by atoms with Crippen LogP contribution in [0.4, 0.5) is 18.0 Å². The molecule has 0 bridgehead atoms. The van der Waals surface area contributed by atoms with Crippen LogP contribution in [0.15, 0.2) is 0 Å². The van der Waals surface area contributed by atoms with Crippen LogP contribution >= 0.6 is 11.8 Å². The van der Waals surface area contributed by atoms with Crippen molar-refractivity contribution in [2.75, 3.05) is 25.2 Å². The van der Waals surface area contributed by atoms with Crippen LogP contribution in [0.25, 0.3) is 0 Å². The van der Waals surface area contributed by atoms with E-state index in [1.54, 1.807) is 0 Å². The quantitative estimate of drug-likeness (QED) is 0.853. The van der Waals surface area contributed by atoms with Gasteiger partial charge in [0, 0.05) is 19.3 Å². The molecule has 0 saturated carbocycles. The first-order chi connectivity index (χ1) is 8.22. The summed E-state index contributed by atoms with van der Waals surface area (Å²) in [5.74, 6) is -0.696. The lowest BCUT2D eigenvalue weighted by atomic mass is 10.3. The molecule has 1 saturated heterocycles. The number of amides is 2. The highest BCUT2D eigenvalue weighted by molar-refractivity contribution is 7.99. The average Bonchev–Trinajstić information content (AvgIpc) is 2.72. The Hall–Kier alpha value is -1.12. The fourth-order valence-electron chi connectivity index (χ4n) is 1.45. The summed E-state index contributed by atoms with van der Waals surface area (Å²) in [4.78, 5) is 24.6. The van der Waals surface area contributed by atoms with Crippen molar-refractivity contribution in [3.63, 3.8) is 0 Å². The Labute approximate surface area is 106 Å². The van der Waals surface area contributed by atoms with Crippen LogP contribution in [0.3, 0.4) is 0 Å². The van der Waals surface area contributed by atoms with Gasteiger partial charge in [-0.25, -0.2) is 9.59 Å². The molecule has 0 aromatic heterocycles. The zero-order valence-electron chi connectivity index (χ0n) is 9.61. The molecule has 1 heterocycles. The van der Waals surface area contributed by atoms with E-state index >= 15 is 0 Å². The van der Waals surface area contributed by atoms with Crippen LogP contribution < -0.4 is 0 Å². The topological polar surface area (TPSA) is 60.9 Å². The minimum atomic E-state index is -4.33. The monoisotopic (exact) mass is 286 g/mol. The number of thioether (sulfide) groups is 1. The number of nitrogens with zero attached hydrogens (tertiary/aromatic N) is 2. The number of carbonyl (C=O) groups is 2. The highest BCUT2D eigenvalue weighted by Gasteiger charge is 2.37. The maximum absolute atomic E-state index is 12.0. The number of hydrogen-bond donors (Lipinski definition) is 1. The van der Waals surface area contributed by atoms with E-state index in [-0.39, 0.29) is 11.6 Å². The molecule has 5 nitrogen and oxygen atoms in total. The number of halogens is 3. The first-order valence-corrected chi connectivity index (χ1v) is 6.27. The molecule has 104 valence electrons. The summed E-state index contributed by atoms with van der Waals surface area (Å²) in [6.45, 7) is -0.476.